The van der Waals surface area contributed by atoms with Gasteiger partial charge in [0.2, 0.25) is 5.43 Å². The van der Waals surface area contributed by atoms with Crippen molar-refractivity contribution in [3.63, 3.8) is 0 Å². The van der Waals surface area contributed by atoms with E-state index in [9.17, 15) is 14.4 Å². The summed E-state index contributed by atoms with van der Waals surface area (Å²) in [7, 11) is 0. The van der Waals surface area contributed by atoms with Crippen molar-refractivity contribution in [2.24, 2.45) is 0 Å². The van der Waals surface area contributed by atoms with Gasteiger partial charge in [0.05, 0.1) is 18.6 Å². The number of hydrogen-bond acceptors (Lipinski definition) is 6. The van der Waals surface area contributed by atoms with Crippen LogP contribution in [0, 0.1) is 0 Å². The van der Waals surface area contributed by atoms with Crippen LogP contribution in [0.25, 0.3) is 11.0 Å². The van der Waals surface area contributed by atoms with Gasteiger partial charge in [-0.1, -0.05) is 0 Å². The Balaban J connectivity index is 2.81. The molecular formula is C16H18N2O5. The smallest absolute Gasteiger partial charge is 0.343 e. The number of aldehydes is 1. The lowest BCUT2D eigenvalue weighted by atomic mass is 10.1. The van der Waals surface area contributed by atoms with Crippen LogP contribution in [0.15, 0.2) is 17.1 Å². The molecule has 0 saturated carbocycles. The maximum atomic E-state index is 12.6. The fourth-order valence-corrected chi connectivity index (χ4v) is 2.26. The van der Waals surface area contributed by atoms with E-state index in [2.05, 4.69) is 4.98 Å². The van der Waals surface area contributed by atoms with Crippen LogP contribution in [0.2, 0.25) is 0 Å². The van der Waals surface area contributed by atoms with Crippen molar-refractivity contribution in [2.75, 3.05) is 13.2 Å². The van der Waals surface area contributed by atoms with Crippen LogP contribution in [0.5, 0.6) is 5.75 Å². The molecule has 0 atom stereocenters. The first-order valence-corrected chi connectivity index (χ1v) is 7.40. The number of carbonyl (C=O) groups is 2. The molecule has 0 aliphatic carbocycles. The number of aryl methyl sites for hydroxylation is 1. The molecule has 122 valence electrons. The Morgan fingerprint density at radius 1 is 1.30 bits per heavy atom. The minimum atomic E-state index is -0.681. The van der Waals surface area contributed by atoms with E-state index >= 15 is 0 Å². The van der Waals surface area contributed by atoms with Gasteiger partial charge in [-0.15, -0.1) is 0 Å². The third kappa shape index (κ3) is 3.08. The van der Waals surface area contributed by atoms with Gasteiger partial charge in [0, 0.05) is 12.7 Å². The van der Waals surface area contributed by atoms with Crippen molar-refractivity contribution in [1.29, 1.82) is 0 Å². The van der Waals surface area contributed by atoms with Gasteiger partial charge in [-0.05, 0) is 26.8 Å². The predicted octanol–water partition coefficient (Wildman–Crippen LogP) is 1.80. The molecule has 2 aromatic rings. The van der Waals surface area contributed by atoms with Gasteiger partial charge in [-0.2, -0.15) is 0 Å². The van der Waals surface area contributed by atoms with Crippen molar-refractivity contribution in [3.8, 4) is 5.75 Å². The molecule has 2 rings (SSSR count). The van der Waals surface area contributed by atoms with E-state index in [-0.39, 0.29) is 29.0 Å². The Hall–Kier alpha value is -2.70. The summed E-state index contributed by atoms with van der Waals surface area (Å²) in [5.74, 6) is -0.463. The number of fused-ring (bicyclic) bond motifs is 1. The number of ether oxygens (including phenoxy) is 2. The zero-order valence-electron chi connectivity index (χ0n) is 13.3. The van der Waals surface area contributed by atoms with Gasteiger partial charge in [0.25, 0.3) is 0 Å². The molecule has 0 spiro atoms. The van der Waals surface area contributed by atoms with Crippen molar-refractivity contribution >= 4 is 23.3 Å². The summed E-state index contributed by atoms with van der Waals surface area (Å²) < 4.78 is 11.9. The van der Waals surface area contributed by atoms with E-state index < -0.39 is 11.4 Å². The molecular weight excluding hydrogens is 300 g/mol. The molecule has 23 heavy (non-hydrogen) atoms. The number of pyridine rings is 2. The number of esters is 1. The molecule has 0 unspecified atom stereocenters. The summed E-state index contributed by atoms with van der Waals surface area (Å²) in [6.07, 6.45) is 1.98. The first kappa shape index (κ1) is 16.7. The lowest BCUT2D eigenvalue weighted by molar-refractivity contribution is 0.0524. The SMILES string of the molecule is CCOC(=O)c1cn(CC)c2nc(C=O)c(OCC)cc2c1=O. The predicted molar refractivity (Wildman–Crippen MR) is 84.2 cm³/mol. The first-order chi connectivity index (χ1) is 11.1. The molecule has 7 nitrogen and oxygen atoms in total. The number of aromatic nitrogens is 2. The monoisotopic (exact) mass is 318 g/mol. The molecule has 2 aromatic heterocycles. The highest BCUT2D eigenvalue weighted by atomic mass is 16.5. The fourth-order valence-electron chi connectivity index (χ4n) is 2.26. The van der Waals surface area contributed by atoms with Crippen molar-refractivity contribution < 1.29 is 19.1 Å². The second-order valence-corrected chi connectivity index (χ2v) is 4.67. The Bertz CT molecular complexity index is 810. The van der Waals surface area contributed by atoms with E-state index in [1.54, 1.807) is 18.4 Å². The van der Waals surface area contributed by atoms with Crippen molar-refractivity contribution in [2.45, 2.75) is 27.3 Å². The molecule has 0 aliphatic rings. The van der Waals surface area contributed by atoms with Crippen LogP contribution in [0.4, 0.5) is 0 Å². The van der Waals surface area contributed by atoms with Crippen molar-refractivity contribution in [1.82, 2.24) is 9.55 Å². The molecule has 7 heteroatoms. The van der Waals surface area contributed by atoms with Crippen LogP contribution in [0.1, 0.15) is 41.6 Å². The molecule has 0 aliphatic heterocycles. The molecule has 0 amide bonds. The second-order valence-electron chi connectivity index (χ2n) is 4.67. The van der Waals surface area contributed by atoms with Crippen LogP contribution >= 0.6 is 0 Å². The molecule has 0 fully saturated rings. The van der Waals surface area contributed by atoms with E-state index in [4.69, 9.17) is 9.47 Å². The maximum Gasteiger partial charge on any atom is 0.343 e. The van der Waals surface area contributed by atoms with Crippen LogP contribution in [-0.4, -0.2) is 35.0 Å². The Kier molecular flexibility index (Phi) is 5.10. The summed E-state index contributed by atoms with van der Waals surface area (Å²) in [5.41, 5.74) is -0.112. The molecule has 0 radical (unpaired) electrons. The number of hydrogen-bond donors (Lipinski definition) is 0. The third-order valence-electron chi connectivity index (χ3n) is 3.29. The lowest BCUT2D eigenvalue weighted by Gasteiger charge is -2.13. The van der Waals surface area contributed by atoms with Crippen molar-refractivity contribution in [3.05, 3.63) is 33.7 Å². The van der Waals surface area contributed by atoms with Gasteiger partial charge < -0.3 is 14.0 Å². The zero-order chi connectivity index (χ0) is 17.0. The standard InChI is InChI=1S/C16H18N2O5/c1-4-18-8-11(16(21)23-6-3)14(20)10-7-13(22-5-2)12(9-19)17-15(10)18/h7-9H,4-6H2,1-3H3. The summed E-state index contributed by atoms with van der Waals surface area (Å²) in [6, 6.07) is 1.45. The number of carbonyl (C=O) groups excluding carboxylic acids is 2. The van der Waals surface area contributed by atoms with E-state index in [1.165, 1.54) is 12.3 Å². The van der Waals surface area contributed by atoms with E-state index in [1.807, 2.05) is 6.92 Å². The highest BCUT2D eigenvalue weighted by Gasteiger charge is 2.19. The zero-order valence-corrected chi connectivity index (χ0v) is 13.3. The van der Waals surface area contributed by atoms with Crippen LogP contribution < -0.4 is 10.2 Å². The Morgan fingerprint density at radius 3 is 2.61 bits per heavy atom. The second kappa shape index (κ2) is 7.04. The minimum absolute atomic E-state index is 0.0655. The summed E-state index contributed by atoms with van der Waals surface area (Å²) in [4.78, 5) is 39.9. The Labute approximate surface area is 132 Å². The van der Waals surface area contributed by atoms with Gasteiger partial charge in [-0.3, -0.25) is 9.59 Å². The van der Waals surface area contributed by atoms with Crippen LogP contribution in [0.3, 0.4) is 0 Å². The third-order valence-corrected chi connectivity index (χ3v) is 3.29. The molecule has 0 N–H and O–H groups in total. The largest absolute Gasteiger partial charge is 0.491 e. The Morgan fingerprint density at radius 2 is 2.04 bits per heavy atom. The molecule has 0 saturated heterocycles. The average molecular weight is 318 g/mol. The molecule has 0 bridgehead atoms. The summed E-state index contributed by atoms with van der Waals surface area (Å²) >= 11 is 0. The topological polar surface area (TPSA) is 87.5 Å². The number of rotatable bonds is 6. The van der Waals surface area contributed by atoms with Gasteiger partial charge >= 0.3 is 5.97 Å². The van der Waals surface area contributed by atoms with E-state index in [0.29, 0.717) is 25.1 Å². The molecule has 2 heterocycles. The lowest BCUT2D eigenvalue weighted by Crippen LogP contribution is -2.21. The summed E-state index contributed by atoms with van der Waals surface area (Å²) in [5, 5.41) is 0.214. The number of nitrogens with zero attached hydrogens (tertiary/aromatic N) is 2. The summed E-state index contributed by atoms with van der Waals surface area (Å²) in [6.45, 7) is 6.25. The van der Waals surface area contributed by atoms with E-state index in [0.717, 1.165) is 0 Å². The average Bonchev–Trinajstić information content (AvgIpc) is 2.55. The molecule has 0 aromatic carbocycles. The van der Waals surface area contributed by atoms with Crippen LogP contribution in [-0.2, 0) is 11.3 Å². The van der Waals surface area contributed by atoms with Gasteiger partial charge in [0.1, 0.15) is 22.7 Å². The maximum absolute atomic E-state index is 12.6. The minimum Gasteiger partial charge on any atom is -0.491 e. The first-order valence-electron chi connectivity index (χ1n) is 7.40. The highest BCUT2D eigenvalue weighted by molar-refractivity contribution is 5.94. The van der Waals surface area contributed by atoms with Gasteiger partial charge in [0.15, 0.2) is 6.29 Å². The highest BCUT2D eigenvalue weighted by Crippen LogP contribution is 2.21. The normalized spacial score (nSPS) is 10.6. The van der Waals surface area contributed by atoms with Gasteiger partial charge in [-0.25, -0.2) is 9.78 Å². The quantitative estimate of drug-likeness (QED) is 0.596. The fraction of sp³-hybridized carbons (Fsp3) is 0.375.